The maximum atomic E-state index is 8.99. The number of nitrogens with zero attached hydrogens (tertiary/aromatic N) is 2. The number of hydrogen-bond acceptors (Lipinski definition) is 5. The molecule has 5 nitrogen and oxygen atoms in total. The van der Waals surface area contributed by atoms with Gasteiger partial charge in [-0.15, -0.1) is 0 Å². The molecule has 0 aliphatic carbocycles. The fraction of sp³-hybridized carbons (Fsp3) is 0.600. The van der Waals surface area contributed by atoms with E-state index in [1.54, 1.807) is 0 Å². The molecule has 5 heteroatoms. The van der Waals surface area contributed by atoms with Gasteiger partial charge in [0.05, 0.1) is 0 Å². The Morgan fingerprint density at radius 1 is 1.47 bits per heavy atom. The standard InChI is InChI=1S/C10H18N4O/c1-6(5-15)8(3)13-9-4-7(2)12-10(11)14-9/h4,6,8,15H,5H2,1-3H3,(H3,11,12,13,14). The van der Waals surface area contributed by atoms with Gasteiger partial charge in [0.2, 0.25) is 5.95 Å². The Bertz CT molecular complexity index is 309. The molecular weight excluding hydrogens is 192 g/mol. The molecule has 0 bridgehead atoms. The van der Waals surface area contributed by atoms with Crippen molar-refractivity contribution in [2.45, 2.75) is 26.8 Å². The van der Waals surface area contributed by atoms with Crippen molar-refractivity contribution in [2.75, 3.05) is 17.7 Å². The maximum Gasteiger partial charge on any atom is 0.222 e. The Kier molecular flexibility index (Phi) is 3.85. The van der Waals surface area contributed by atoms with Crippen LogP contribution < -0.4 is 11.1 Å². The first-order valence-electron chi connectivity index (χ1n) is 5.01. The van der Waals surface area contributed by atoms with E-state index in [1.165, 1.54) is 0 Å². The summed E-state index contributed by atoms with van der Waals surface area (Å²) in [6.07, 6.45) is 0. The van der Waals surface area contributed by atoms with E-state index >= 15 is 0 Å². The summed E-state index contributed by atoms with van der Waals surface area (Å²) in [6, 6.07) is 1.97. The van der Waals surface area contributed by atoms with Gasteiger partial charge in [-0.3, -0.25) is 0 Å². The van der Waals surface area contributed by atoms with Crippen molar-refractivity contribution < 1.29 is 5.11 Å². The quantitative estimate of drug-likeness (QED) is 0.684. The third kappa shape index (κ3) is 3.36. The first-order valence-corrected chi connectivity index (χ1v) is 5.01. The monoisotopic (exact) mass is 210 g/mol. The second-order valence-electron chi connectivity index (χ2n) is 3.85. The van der Waals surface area contributed by atoms with Crippen LogP contribution in [0.3, 0.4) is 0 Å². The van der Waals surface area contributed by atoms with Crippen LogP contribution in [-0.2, 0) is 0 Å². The molecule has 0 aliphatic rings. The van der Waals surface area contributed by atoms with Crippen LogP contribution in [0.1, 0.15) is 19.5 Å². The molecule has 4 N–H and O–H groups in total. The van der Waals surface area contributed by atoms with Gasteiger partial charge in [0, 0.05) is 24.4 Å². The molecule has 0 spiro atoms. The average Bonchev–Trinajstić information content (AvgIpc) is 2.14. The molecule has 0 radical (unpaired) electrons. The van der Waals surface area contributed by atoms with Crippen molar-refractivity contribution in [1.82, 2.24) is 9.97 Å². The number of aliphatic hydroxyl groups excluding tert-OH is 1. The third-order valence-electron chi connectivity index (χ3n) is 2.39. The number of anilines is 2. The van der Waals surface area contributed by atoms with Crippen LogP contribution in [0.25, 0.3) is 0 Å². The first kappa shape index (κ1) is 11.7. The Hall–Kier alpha value is -1.36. The fourth-order valence-electron chi connectivity index (χ4n) is 1.20. The van der Waals surface area contributed by atoms with Crippen LogP contribution in [0, 0.1) is 12.8 Å². The Labute approximate surface area is 89.7 Å². The summed E-state index contributed by atoms with van der Waals surface area (Å²) >= 11 is 0. The van der Waals surface area contributed by atoms with Gasteiger partial charge in [-0.1, -0.05) is 6.92 Å². The molecule has 0 fully saturated rings. The number of rotatable bonds is 4. The number of aliphatic hydroxyl groups is 1. The predicted molar refractivity (Wildman–Crippen MR) is 60.5 cm³/mol. The van der Waals surface area contributed by atoms with Crippen LogP contribution in [0.15, 0.2) is 6.07 Å². The van der Waals surface area contributed by atoms with Crippen LogP contribution in [0.2, 0.25) is 0 Å². The summed E-state index contributed by atoms with van der Waals surface area (Å²) in [5.41, 5.74) is 6.36. The maximum absolute atomic E-state index is 8.99. The molecule has 1 rings (SSSR count). The van der Waals surface area contributed by atoms with E-state index < -0.39 is 0 Å². The van der Waals surface area contributed by atoms with Crippen molar-refractivity contribution in [2.24, 2.45) is 5.92 Å². The second-order valence-corrected chi connectivity index (χ2v) is 3.85. The normalized spacial score (nSPS) is 14.7. The Morgan fingerprint density at radius 2 is 2.13 bits per heavy atom. The highest BCUT2D eigenvalue weighted by Gasteiger charge is 2.11. The molecular formula is C10H18N4O. The number of hydrogen-bond donors (Lipinski definition) is 3. The average molecular weight is 210 g/mol. The van der Waals surface area contributed by atoms with Crippen molar-refractivity contribution in [3.8, 4) is 0 Å². The molecule has 0 saturated heterocycles. The molecule has 84 valence electrons. The van der Waals surface area contributed by atoms with E-state index in [-0.39, 0.29) is 24.5 Å². The summed E-state index contributed by atoms with van der Waals surface area (Å²) in [4.78, 5) is 8.05. The third-order valence-corrected chi connectivity index (χ3v) is 2.39. The number of nitrogen functional groups attached to an aromatic ring is 1. The molecule has 2 unspecified atom stereocenters. The highest BCUT2D eigenvalue weighted by molar-refractivity contribution is 5.40. The van der Waals surface area contributed by atoms with Gasteiger partial charge in [-0.25, -0.2) is 4.98 Å². The minimum atomic E-state index is 0.142. The molecule has 2 atom stereocenters. The first-order chi connectivity index (χ1) is 7.02. The molecule has 0 aliphatic heterocycles. The van der Waals surface area contributed by atoms with E-state index in [9.17, 15) is 0 Å². The summed E-state index contributed by atoms with van der Waals surface area (Å²) in [5, 5.41) is 12.2. The van der Waals surface area contributed by atoms with Gasteiger partial charge in [0.1, 0.15) is 5.82 Å². The minimum absolute atomic E-state index is 0.142. The lowest BCUT2D eigenvalue weighted by molar-refractivity contribution is 0.226. The number of aromatic nitrogens is 2. The highest BCUT2D eigenvalue weighted by Crippen LogP contribution is 2.12. The highest BCUT2D eigenvalue weighted by atomic mass is 16.3. The Balaban J connectivity index is 2.72. The Morgan fingerprint density at radius 3 is 2.67 bits per heavy atom. The second kappa shape index (κ2) is 4.93. The van der Waals surface area contributed by atoms with Crippen LogP contribution >= 0.6 is 0 Å². The van der Waals surface area contributed by atoms with E-state index in [0.29, 0.717) is 5.82 Å². The largest absolute Gasteiger partial charge is 0.396 e. The van der Waals surface area contributed by atoms with Gasteiger partial charge < -0.3 is 16.2 Å². The van der Waals surface area contributed by atoms with Gasteiger partial charge in [-0.2, -0.15) is 4.98 Å². The zero-order chi connectivity index (χ0) is 11.4. The SMILES string of the molecule is Cc1cc(NC(C)C(C)CO)nc(N)n1. The molecule has 15 heavy (non-hydrogen) atoms. The summed E-state index contributed by atoms with van der Waals surface area (Å²) in [5.74, 6) is 1.13. The van der Waals surface area contributed by atoms with Gasteiger partial charge in [-0.05, 0) is 19.8 Å². The van der Waals surface area contributed by atoms with Gasteiger partial charge >= 0.3 is 0 Å². The van der Waals surface area contributed by atoms with E-state index in [4.69, 9.17) is 10.8 Å². The van der Waals surface area contributed by atoms with E-state index in [1.807, 2.05) is 26.8 Å². The van der Waals surface area contributed by atoms with E-state index in [0.717, 1.165) is 5.69 Å². The van der Waals surface area contributed by atoms with Crippen molar-refractivity contribution in [3.63, 3.8) is 0 Å². The zero-order valence-electron chi connectivity index (χ0n) is 9.36. The van der Waals surface area contributed by atoms with Crippen molar-refractivity contribution >= 4 is 11.8 Å². The molecule has 0 aromatic carbocycles. The van der Waals surface area contributed by atoms with Crippen molar-refractivity contribution in [3.05, 3.63) is 11.8 Å². The number of nitrogens with one attached hydrogen (secondary N) is 1. The van der Waals surface area contributed by atoms with E-state index in [2.05, 4.69) is 15.3 Å². The molecule has 0 saturated carbocycles. The van der Waals surface area contributed by atoms with Crippen LogP contribution in [0.5, 0.6) is 0 Å². The lowest BCUT2D eigenvalue weighted by atomic mass is 10.1. The van der Waals surface area contributed by atoms with Gasteiger partial charge in [0.15, 0.2) is 0 Å². The molecule has 1 heterocycles. The fourth-order valence-corrected chi connectivity index (χ4v) is 1.20. The van der Waals surface area contributed by atoms with Crippen LogP contribution in [-0.4, -0.2) is 27.7 Å². The summed E-state index contributed by atoms with van der Waals surface area (Å²) in [6.45, 7) is 5.97. The number of aryl methyl sites for hydroxylation is 1. The lowest BCUT2D eigenvalue weighted by Crippen LogP contribution is -2.26. The lowest BCUT2D eigenvalue weighted by Gasteiger charge is -2.19. The smallest absolute Gasteiger partial charge is 0.222 e. The summed E-state index contributed by atoms with van der Waals surface area (Å²) < 4.78 is 0. The number of nitrogens with two attached hydrogens (primary N) is 1. The minimum Gasteiger partial charge on any atom is -0.396 e. The molecule has 0 amide bonds. The molecule has 1 aromatic rings. The predicted octanol–water partition coefficient (Wildman–Crippen LogP) is 0.796. The van der Waals surface area contributed by atoms with Crippen LogP contribution in [0.4, 0.5) is 11.8 Å². The molecule has 1 aromatic heterocycles. The topological polar surface area (TPSA) is 84.1 Å². The van der Waals surface area contributed by atoms with Gasteiger partial charge in [0.25, 0.3) is 0 Å². The van der Waals surface area contributed by atoms with Crippen molar-refractivity contribution in [1.29, 1.82) is 0 Å². The summed E-state index contributed by atoms with van der Waals surface area (Å²) in [7, 11) is 0. The zero-order valence-corrected chi connectivity index (χ0v) is 9.36.